The first-order valence-electron chi connectivity index (χ1n) is 7.55. The van der Waals surface area contributed by atoms with Gasteiger partial charge in [-0.15, -0.1) is 0 Å². The van der Waals surface area contributed by atoms with E-state index in [9.17, 15) is 4.79 Å². The zero-order valence-corrected chi connectivity index (χ0v) is 12.9. The summed E-state index contributed by atoms with van der Waals surface area (Å²) in [6, 6.07) is 1.81. The third kappa shape index (κ3) is 3.42. The lowest BCUT2D eigenvalue weighted by molar-refractivity contribution is -0.130. The van der Waals surface area contributed by atoms with E-state index in [-0.39, 0.29) is 18.5 Å². The fourth-order valence-electron chi connectivity index (χ4n) is 2.81. The van der Waals surface area contributed by atoms with E-state index in [1.807, 2.05) is 13.0 Å². The van der Waals surface area contributed by atoms with E-state index in [0.29, 0.717) is 17.5 Å². The molecular formula is C15H19N7O. The van der Waals surface area contributed by atoms with Crippen LogP contribution in [0.2, 0.25) is 0 Å². The lowest BCUT2D eigenvalue weighted by atomic mass is 10.1. The van der Waals surface area contributed by atoms with Gasteiger partial charge in [0.25, 0.3) is 0 Å². The predicted octanol–water partition coefficient (Wildman–Crippen LogP) is 0.941. The van der Waals surface area contributed by atoms with E-state index < -0.39 is 0 Å². The summed E-state index contributed by atoms with van der Waals surface area (Å²) in [6.07, 6.45) is 6.67. The number of rotatable bonds is 4. The van der Waals surface area contributed by atoms with Gasteiger partial charge in [-0.3, -0.25) is 9.78 Å². The van der Waals surface area contributed by atoms with Crippen molar-refractivity contribution in [2.24, 2.45) is 5.73 Å². The molecule has 0 radical (unpaired) electrons. The Labute approximate surface area is 134 Å². The largest absolute Gasteiger partial charge is 0.333 e. The summed E-state index contributed by atoms with van der Waals surface area (Å²) in [5.74, 6) is 1.84. The van der Waals surface area contributed by atoms with Crippen molar-refractivity contribution in [2.75, 3.05) is 18.4 Å². The zero-order valence-electron chi connectivity index (χ0n) is 12.9. The van der Waals surface area contributed by atoms with E-state index in [2.05, 4.69) is 25.3 Å². The van der Waals surface area contributed by atoms with E-state index in [4.69, 9.17) is 5.73 Å². The van der Waals surface area contributed by atoms with Crippen LogP contribution in [0.4, 0.5) is 11.6 Å². The van der Waals surface area contributed by atoms with Gasteiger partial charge in [-0.25, -0.2) is 15.0 Å². The summed E-state index contributed by atoms with van der Waals surface area (Å²) in [6.45, 7) is 2.57. The molecule has 1 fully saturated rings. The van der Waals surface area contributed by atoms with Crippen molar-refractivity contribution in [3.63, 3.8) is 0 Å². The summed E-state index contributed by atoms with van der Waals surface area (Å²) >= 11 is 0. The van der Waals surface area contributed by atoms with Gasteiger partial charge >= 0.3 is 0 Å². The summed E-state index contributed by atoms with van der Waals surface area (Å²) in [5.41, 5.74) is 6.33. The smallest absolute Gasteiger partial charge is 0.236 e. The van der Waals surface area contributed by atoms with Crippen LogP contribution in [0.25, 0.3) is 0 Å². The predicted molar refractivity (Wildman–Crippen MR) is 84.8 cm³/mol. The van der Waals surface area contributed by atoms with Crippen LogP contribution in [0.1, 0.15) is 30.4 Å². The van der Waals surface area contributed by atoms with E-state index >= 15 is 0 Å². The highest BCUT2D eigenvalue weighted by molar-refractivity contribution is 5.78. The second-order valence-electron chi connectivity index (χ2n) is 5.39. The molecule has 23 heavy (non-hydrogen) atoms. The molecule has 1 saturated heterocycles. The molecule has 1 atom stereocenters. The van der Waals surface area contributed by atoms with Gasteiger partial charge < -0.3 is 16.0 Å². The highest BCUT2D eigenvalue weighted by Gasteiger charge is 2.30. The van der Waals surface area contributed by atoms with Crippen molar-refractivity contribution in [1.82, 2.24) is 24.8 Å². The zero-order chi connectivity index (χ0) is 16.2. The van der Waals surface area contributed by atoms with Crippen molar-refractivity contribution in [3.05, 3.63) is 36.2 Å². The number of aryl methyl sites for hydroxylation is 1. The Balaban J connectivity index is 1.87. The fourth-order valence-corrected chi connectivity index (χ4v) is 2.81. The first-order chi connectivity index (χ1) is 11.2. The molecule has 1 aliphatic heterocycles. The number of amides is 1. The van der Waals surface area contributed by atoms with Gasteiger partial charge in [0.05, 0.1) is 24.5 Å². The summed E-state index contributed by atoms with van der Waals surface area (Å²) in [7, 11) is 0. The maximum atomic E-state index is 12.0. The topological polar surface area (TPSA) is 110 Å². The lowest BCUT2D eigenvalue weighted by Gasteiger charge is -2.24. The molecule has 3 heterocycles. The minimum atomic E-state index is -0.0489. The van der Waals surface area contributed by atoms with Crippen LogP contribution in [-0.4, -0.2) is 43.8 Å². The van der Waals surface area contributed by atoms with Crippen molar-refractivity contribution in [3.8, 4) is 0 Å². The number of anilines is 2. The third-order valence-corrected chi connectivity index (χ3v) is 3.77. The van der Waals surface area contributed by atoms with Gasteiger partial charge in [0.1, 0.15) is 17.5 Å². The molecule has 0 saturated carbocycles. The van der Waals surface area contributed by atoms with E-state index in [1.165, 1.54) is 0 Å². The number of nitrogens with two attached hydrogens (primary N) is 1. The Kier molecular flexibility index (Phi) is 4.42. The third-order valence-electron chi connectivity index (χ3n) is 3.77. The molecule has 2 aromatic rings. The van der Waals surface area contributed by atoms with Crippen LogP contribution in [0.3, 0.4) is 0 Å². The van der Waals surface area contributed by atoms with E-state index in [1.54, 1.807) is 23.5 Å². The Morgan fingerprint density at radius 2 is 2.26 bits per heavy atom. The maximum Gasteiger partial charge on any atom is 0.236 e. The highest BCUT2D eigenvalue weighted by atomic mass is 16.2. The summed E-state index contributed by atoms with van der Waals surface area (Å²) in [4.78, 5) is 30.8. The lowest BCUT2D eigenvalue weighted by Crippen LogP contribution is -2.35. The van der Waals surface area contributed by atoms with Gasteiger partial charge in [0.2, 0.25) is 5.91 Å². The molecule has 2 aromatic heterocycles. The van der Waals surface area contributed by atoms with Gasteiger partial charge in [0, 0.05) is 25.0 Å². The quantitative estimate of drug-likeness (QED) is 0.864. The average molecular weight is 313 g/mol. The summed E-state index contributed by atoms with van der Waals surface area (Å²) < 4.78 is 0. The molecule has 1 amide bonds. The molecule has 1 unspecified atom stereocenters. The second-order valence-corrected chi connectivity index (χ2v) is 5.39. The van der Waals surface area contributed by atoms with Crippen LogP contribution >= 0.6 is 0 Å². The maximum absolute atomic E-state index is 12.0. The standard InChI is InChI=1S/C15H19N7O/c1-10-19-11(12-3-2-6-22(12)15(23)8-16)7-13(20-10)21-14-9-17-4-5-18-14/h4-5,7,9,12H,2-3,6,8,16H2,1H3,(H,18,19,20,21). The van der Waals surface area contributed by atoms with Crippen LogP contribution in [0.15, 0.2) is 24.7 Å². The number of hydrogen-bond acceptors (Lipinski definition) is 7. The number of nitrogens with one attached hydrogen (secondary N) is 1. The van der Waals surface area contributed by atoms with Gasteiger partial charge in [-0.1, -0.05) is 0 Å². The van der Waals surface area contributed by atoms with E-state index in [0.717, 1.165) is 25.1 Å². The summed E-state index contributed by atoms with van der Waals surface area (Å²) in [5, 5.41) is 3.11. The Hall–Kier alpha value is -2.61. The number of likely N-dealkylation sites (tertiary alicyclic amines) is 1. The highest BCUT2D eigenvalue weighted by Crippen LogP contribution is 2.31. The second kappa shape index (κ2) is 6.66. The molecule has 0 spiro atoms. The molecule has 3 rings (SSSR count). The minimum Gasteiger partial charge on any atom is -0.333 e. The molecule has 0 aliphatic carbocycles. The fraction of sp³-hybridized carbons (Fsp3) is 0.400. The minimum absolute atomic E-state index is 0.0191. The van der Waals surface area contributed by atoms with Crippen LogP contribution < -0.4 is 11.1 Å². The average Bonchev–Trinajstić information content (AvgIpc) is 3.04. The Morgan fingerprint density at radius 3 is 3.00 bits per heavy atom. The van der Waals surface area contributed by atoms with Crippen LogP contribution in [0, 0.1) is 6.92 Å². The molecule has 0 aromatic carbocycles. The Bertz CT molecular complexity index is 691. The molecule has 3 N–H and O–H groups in total. The molecule has 120 valence electrons. The van der Waals surface area contributed by atoms with Crippen LogP contribution in [-0.2, 0) is 4.79 Å². The number of carbonyl (C=O) groups is 1. The molecule has 8 nitrogen and oxygen atoms in total. The SMILES string of the molecule is Cc1nc(Nc2cnccn2)cc(C2CCCN2C(=O)CN)n1. The molecular weight excluding hydrogens is 294 g/mol. The normalized spacial score (nSPS) is 17.3. The number of nitrogens with zero attached hydrogens (tertiary/aromatic N) is 5. The monoisotopic (exact) mass is 313 g/mol. The van der Waals surface area contributed by atoms with Crippen molar-refractivity contribution in [1.29, 1.82) is 0 Å². The van der Waals surface area contributed by atoms with Crippen molar-refractivity contribution >= 4 is 17.5 Å². The van der Waals surface area contributed by atoms with Gasteiger partial charge in [-0.05, 0) is 19.8 Å². The Morgan fingerprint density at radius 1 is 1.39 bits per heavy atom. The number of aromatic nitrogens is 4. The first kappa shape index (κ1) is 15.3. The van der Waals surface area contributed by atoms with Crippen molar-refractivity contribution < 1.29 is 4.79 Å². The molecule has 8 heteroatoms. The number of carbonyl (C=O) groups excluding carboxylic acids is 1. The van der Waals surface area contributed by atoms with Gasteiger partial charge in [0.15, 0.2) is 0 Å². The molecule has 0 bridgehead atoms. The first-order valence-corrected chi connectivity index (χ1v) is 7.55. The molecule has 1 aliphatic rings. The number of hydrogen-bond donors (Lipinski definition) is 2. The van der Waals surface area contributed by atoms with Crippen molar-refractivity contribution in [2.45, 2.75) is 25.8 Å². The van der Waals surface area contributed by atoms with Crippen LogP contribution in [0.5, 0.6) is 0 Å². The van der Waals surface area contributed by atoms with Gasteiger partial charge in [-0.2, -0.15) is 0 Å².